The molecule has 1 aliphatic heterocycles. The standard InChI is InChI=1S/C18H16ClNO2/c1-8-13(19)3-2-4-14(8)20-17(21)15-9-5-6-10(12-7-11(9)12)16(15)18(20)22/h2-6,9-12,15-16H,7H2,1H3/t9-,10-,11-,12+,15-,16+/m0/s1. The normalized spacial score (nSPS) is 40.9. The fraction of sp³-hybridized carbons (Fsp3) is 0.444. The minimum absolute atomic E-state index is 0.0231. The molecule has 3 fully saturated rings. The summed E-state index contributed by atoms with van der Waals surface area (Å²) >= 11 is 6.18. The van der Waals surface area contributed by atoms with E-state index < -0.39 is 0 Å². The van der Waals surface area contributed by atoms with Gasteiger partial charge in [-0.25, -0.2) is 4.90 Å². The van der Waals surface area contributed by atoms with Gasteiger partial charge in [0.1, 0.15) is 0 Å². The van der Waals surface area contributed by atoms with Gasteiger partial charge in [0.25, 0.3) is 0 Å². The molecule has 1 aromatic rings. The molecule has 2 amide bonds. The van der Waals surface area contributed by atoms with Crippen molar-refractivity contribution in [1.82, 2.24) is 0 Å². The van der Waals surface area contributed by atoms with Gasteiger partial charge in [0, 0.05) is 5.02 Å². The number of amides is 2. The number of carbonyl (C=O) groups is 2. The summed E-state index contributed by atoms with van der Waals surface area (Å²) in [5.74, 6) is 1.45. The molecule has 4 heteroatoms. The van der Waals surface area contributed by atoms with Gasteiger partial charge in [-0.05, 0) is 54.7 Å². The molecule has 6 atom stereocenters. The van der Waals surface area contributed by atoms with Crippen LogP contribution in [0.25, 0.3) is 0 Å². The number of carbonyl (C=O) groups excluding carboxylic acids is 2. The van der Waals surface area contributed by atoms with Gasteiger partial charge < -0.3 is 0 Å². The largest absolute Gasteiger partial charge is 0.274 e. The Bertz CT molecular complexity index is 719. The van der Waals surface area contributed by atoms with E-state index in [9.17, 15) is 9.59 Å². The number of rotatable bonds is 1. The van der Waals surface area contributed by atoms with E-state index in [1.165, 1.54) is 11.3 Å². The van der Waals surface area contributed by atoms with Crippen molar-refractivity contribution in [2.24, 2.45) is 35.5 Å². The third-order valence-electron chi connectivity index (χ3n) is 6.14. The zero-order valence-electron chi connectivity index (χ0n) is 12.2. The Morgan fingerprint density at radius 1 is 1.05 bits per heavy atom. The van der Waals surface area contributed by atoms with Crippen LogP contribution >= 0.6 is 11.6 Å². The molecule has 0 radical (unpaired) electrons. The van der Waals surface area contributed by atoms with Gasteiger partial charge in [0.15, 0.2) is 0 Å². The van der Waals surface area contributed by atoms with Crippen LogP contribution in [-0.2, 0) is 9.59 Å². The number of hydrogen-bond donors (Lipinski definition) is 0. The molecule has 1 saturated heterocycles. The highest BCUT2D eigenvalue weighted by molar-refractivity contribution is 6.32. The van der Waals surface area contributed by atoms with Crippen molar-refractivity contribution < 1.29 is 9.59 Å². The minimum atomic E-state index is -0.148. The summed E-state index contributed by atoms with van der Waals surface area (Å²) in [7, 11) is 0. The van der Waals surface area contributed by atoms with E-state index in [4.69, 9.17) is 11.6 Å². The van der Waals surface area contributed by atoms with Crippen molar-refractivity contribution in [1.29, 1.82) is 0 Å². The molecule has 5 aliphatic rings. The van der Waals surface area contributed by atoms with Crippen molar-refractivity contribution in [3.63, 3.8) is 0 Å². The maximum atomic E-state index is 13.0. The monoisotopic (exact) mass is 313 g/mol. The van der Waals surface area contributed by atoms with Crippen LogP contribution in [0, 0.1) is 42.4 Å². The van der Waals surface area contributed by atoms with Gasteiger partial charge in [0.2, 0.25) is 11.8 Å². The zero-order valence-corrected chi connectivity index (χ0v) is 13.0. The topological polar surface area (TPSA) is 37.4 Å². The number of nitrogens with zero attached hydrogens (tertiary/aromatic N) is 1. The number of halogens is 1. The third kappa shape index (κ3) is 1.38. The van der Waals surface area contributed by atoms with Gasteiger partial charge in [-0.2, -0.15) is 0 Å². The lowest BCUT2D eigenvalue weighted by Crippen LogP contribution is -2.40. The molecular formula is C18H16ClNO2. The van der Waals surface area contributed by atoms with Crippen molar-refractivity contribution >= 4 is 29.1 Å². The Morgan fingerprint density at radius 2 is 1.64 bits per heavy atom. The zero-order chi connectivity index (χ0) is 15.2. The minimum Gasteiger partial charge on any atom is -0.274 e. The van der Waals surface area contributed by atoms with Crippen molar-refractivity contribution in [3.05, 3.63) is 40.9 Å². The van der Waals surface area contributed by atoms with Crippen LogP contribution in [0.5, 0.6) is 0 Å². The number of benzene rings is 1. The highest BCUT2D eigenvalue weighted by Crippen LogP contribution is 2.65. The second-order valence-corrected chi connectivity index (χ2v) is 7.46. The molecular weight excluding hydrogens is 298 g/mol. The predicted octanol–water partition coefficient (Wildman–Crippen LogP) is 3.21. The summed E-state index contributed by atoms with van der Waals surface area (Å²) in [5, 5.41) is 0.594. The maximum Gasteiger partial charge on any atom is 0.238 e. The second kappa shape index (κ2) is 4.02. The molecule has 0 aromatic heterocycles. The van der Waals surface area contributed by atoms with Crippen LogP contribution in [0.3, 0.4) is 0 Å². The van der Waals surface area contributed by atoms with Crippen LogP contribution in [0.4, 0.5) is 5.69 Å². The van der Waals surface area contributed by atoms with Gasteiger partial charge in [-0.15, -0.1) is 0 Å². The Hall–Kier alpha value is -1.61. The number of anilines is 1. The molecule has 2 bridgehead atoms. The van der Waals surface area contributed by atoms with Gasteiger partial charge >= 0.3 is 0 Å². The fourth-order valence-corrected chi connectivity index (χ4v) is 5.20. The summed E-state index contributed by atoms with van der Waals surface area (Å²) < 4.78 is 0. The van der Waals surface area contributed by atoms with E-state index >= 15 is 0 Å². The molecule has 22 heavy (non-hydrogen) atoms. The Kier molecular flexibility index (Phi) is 2.35. The van der Waals surface area contributed by atoms with Crippen molar-refractivity contribution in [3.8, 4) is 0 Å². The van der Waals surface area contributed by atoms with Crippen LogP contribution < -0.4 is 4.90 Å². The molecule has 2 saturated carbocycles. The Balaban J connectivity index is 1.62. The smallest absolute Gasteiger partial charge is 0.238 e. The second-order valence-electron chi connectivity index (χ2n) is 7.05. The lowest BCUT2D eigenvalue weighted by atomic mass is 9.63. The first-order chi connectivity index (χ1) is 10.6. The van der Waals surface area contributed by atoms with Crippen LogP contribution in [-0.4, -0.2) is 11.8 Å². The molecule has 3 nitrogen and oxygen atoms in total. The van der Waals surface area contributed by atoms with Crippen LogP contribution in [0.15, 0.2) is 30.4 Å². The summed E-state index contributed by atoms with van der Waals surface area (Å²) in [6.07, 6.45) is 5.57. The number of allylic oxidation sites excluding steroid dienone is 2. The van der Waals surface area contributed by atoms with Crippen molar-refractivity contribution in [2.45, 2.75) is 13.3 Å². The van der Waals surface area contributed by atoms with E-state index in [0.717, 1.165) is 5.56 Å². The van der Waals surface area contributed by atoms with Gasteiger partial charge in [-0.1, -0.05) is 29.8 Å². The van der Waals surface area contributed by atoms with E-state index in [2.05, 4.69) is 12.2 Å². The van der Waals surface area contributed by atoms with E-state index in [1.807, 2.05) is 13.0 Å². The van der Waals surface area contributed by atoms with Gasteiger partial charge in [-0.3, -0.25) is 9.59 Å². The first kappa shape index (κ1) is 12.9. The molecule has 1 aromatic carbocycles. The number of imide groups is 1. The maximum absolute atomic E-state index is 13.0. The highest BCUT2D eigenvalue weighted by Gasteiger charge is 2.67. The SMILES string of the molecule is Cc1c(Cl)cccc1N1C(=O)[C@@H]2[C@H]3C=C[C@@H]([C@@H]4C[C@H]34)[C@@H]2C1=O. The highest BCUT2D eigenvalue weighted by atomic mass is 35.5. The molecule has 4 aliphatic carbocycles. The van der Waals surface area contributed by atoms with Crippen molar-refractivity contribution in [2.75, 3.05) is 4.90 Å². The van der Waals surface area contributed by atoms with E-state index in [1.54, 1.807) is 12.1 Å². The van der Waals surface area contributed by atoms with E-state index in [0.29, 0.717) is 22.5 Å². The van der Waals surface area contributed by atoms with E-state index in [-0.39, 0.29) is 35.5 Å². The Labute approximate surface area is 133 Å². The summed E-state index contributed by atoms with van der Waals surface area (Å²) in [6.45, 7) is 1.87. The van der Waals surface area contributed by atoms with Crippen LogP contribution in [0.1, 0.15) is 12.0 Å². The van der Waals surface area contributed by atoms with Gasteiger partial charge in [0.05, 0.1) is 17.5 Å². The fourth-order valence-electron chi connectivity index (χ4n) is 5.03. The summed E-state index contributed by atoms with van der Waals surface area (Å²) in [6, 6.07) is 5.42. The van der Waals surface area contributed by atoms with Crippen LogP contribution in [0.2, 0.25) is 5.02 Å². The number of hydrogen-bond acceptors (Lipinski definition) is 2. The lowest BCUT2D eigenvalue weighted by molar-refractivity contribution is -0.124. The molecule has 0 N–H and O–H groups in total. The summed E-state index contributed by atoms with van der Waals surface area (Å²) in [4.78, 5) is 27.4. The molecule has 1 heterocycles. The first-order valence-electron chi connectivity index (χ1n) is 7.91. The summed E-state index contributed by atoms with van der Waals surface area (Å²) in [5.41, 5.74) is 1.46. The predicted molar refractivity (Wildman–Crippen MR) is 83.4 cm³/mol. The third-order valence-corrected chi connectivity index (χ3v) is 6.55. The molecule has 0 unspecified atom stereocenters. The molecule has 112 valence electrons. The first-order valence-corrected chi connectivity index (χ1v) is 8.28. The molecule has 0 spiro atoms. The quantitative estimate of drug-likeness (QED) is 0.590. The molecule has 6 rings (SSSR count). The Morgan fingerprint density at radius 3 is 2.23 bits per heavy atom. The average Bonchev–Trinajstić information content (AvgIpc) is 3.28. The lowest BCUT2D eigenvalue weighted by Gasteiger charge is -2.37. The average molecular weight is 314 g/mol.